The molecule has 0 spiro atoms. The van der Waals surface area contributed by atoms with Crippen molar-refractivity contribution < 1.29 is 14.3 Å². The Morgan fingerprint density at radius 3 is 2.42 bits per heavy atom. The number of aromatic nitrogens is 1. The molecule has 26 heavy (non-hydrogen) atoms. The van der Waals surface area contributed by atoms with Gasteiger partial charge in [-0.25, -0.2) is 0 Å². The molecule has 3 aromatic rings. The van der Waals surface area contributed by atoms with Crippen molar-refractivity contribution in [3.8, 4) is 22.6 Å². The lowest BCUT2D eigenvalue weighted by molar-refractivity contribution is 0.0946. The van der Waals surface area contributed by atoms with Crippen LogP contribution in [0.2, 0.25) is 0 Å². The molecule has 5 heteroatoms. The van der Waals surface area contributed by atoms with E-state index < -0.39 is 0 Å². The van der Waals surface area contributed by atoms with Crippen LogP contribution < -0.4 is 14.8 Å². The Kier molecular flexibility index (Phi) is 5.83. The molecule has 0 bridgehead atoms. The number of ether oxygens (including phenoxy) is 2. The number of hydrogen-bond donors (Lipinski definition) is 1. The lowest BCUT2D eigenvalue weighted by Gasteiger charge is -2.09. The number of carbonyl (C=O) groups is 1. The summed E-state index contributed by atoms with van der Waals surface area (Å²) in [6.45, 7) is 0.782. The van der Waals surface area contributed by atoms with E-state index in [-0.39, 0.29) is 5.91 Å². The van der Waals surface area contributed by atoms with E-state index in [1.165, 1.54) is 0 Å². The van der Waals surface area contributed by atoms with E-state index in [0.717, 1.165) is 22.6 Å². The number of benzene rings is 2. The molecule has 0 saturated heterocycles. The van der Waals surface area contributed by atoms with Gasteiger partial charge >= 0.3 is 0 Å². The van der Waals surface area contributed by atoms with Crippen LogP contribution in [-0.4, -0.2) is 31.2 Å². The van der Waals surface area contributed by atoms with Crippen molar-refractivity contribution in [2.75, 3.05) is 20.3 Å². The van der Waals surface area contributed by atoms with E-state index in [4.69, 9.17) is 9.47 Å². The molecule has 0 unspecified atom stereocenters. The summed E-state index contributed by atoms with van der Waals surface area (Å²) >= 11 is 0. The van der Waals surface area contributed by atoms with E-state index in [2.05, 4.69) is 10.3 Å². The molecule has 1 N–H and O–H groups in total. The SMILES string of the molecule is COc1ccc(OCCNC(=O)c2cncc(-c3ccccc3)c2)cc1. The first-order valence-corrected chi connectivity index (χ1v) is 8.32. The van der Waals surface area contributed by atoms with Gasteiger partial charge in [0.15, 0.2) is 0 Å². The van der Waals surface area contributed by atoms with Crippen LogP contribution in [0.3, 0.4) is 0 Å². The standard InChI is InChI=1S/C21H20N2O3/c1-25-19-7-9-20(10-8-19)26-12-11-23-21(24)18-13-17(14-22-15-18)16-5-3-2-4-6-16/h2-10,13-15H,11-12H2,1H3,(H,23,24). The molecule has 0 fully saturated rings. The molecule has 2 aromatic carbocycles. The molecule has 0 aliphatic heterocycles. The lowest BCUT2D eigenvalue weighted by Crippen LogP contribution is -2.28. The Labute approximate surface area is 152 Å². The molecule has 1 amide bonds. The summed E-state index contributed by atoms with van der Waals surface area (Å²) in [5.41, 5.74) is 2.46. The van der Waals surface area contributed by atoms with Gasteiger partial charge in [-0.15, -0.1) is 0 Å². The molecule has 0 aliphatic rings. The molecule has 0 saturated carbocycles. The highest BCUT2D eigenvalue weighted by molar-refractivity contribution is 5.95. The summed E-state index contributed by atoms with van der Waals surface area (Å²) in [7, 11) is 1.62. The van der Waals surface area contributed by atoms with Gasteiger partial charge in [0.05, 0.1) is 19.2 Å². The van der Waals surface area contributed by atoms with Gasteiger partial charge < -0.3 is 14.8 Å². The number of amides is 1. The van der Waals surface area contributed by atoms with Crippen LogP contribution in [0, 0.1) is 0 Å². The smallest absolute Gasteiger partial charge is 0.252 e. The van der Waals surface area contributed by atoms with Crippen LogP contribution in [0.15, 0.2) is 73.1 Å². The van der Waals surface area contributed by atoms with Gasteiger partial charge in [-0.1, -0.05) is 30.3 Å². The van der Waals surface area contributed by atoms with E-state index in [1.54, 1.807) is 19.5 Å². The number of nitrogens with one attached hydrogen (secondary N) is 1. The van der Waals surface area contributed by atoms with Crippen molar-refractivity contribution in [2.24, 2.45) is 0 Å². The summed E-state index contributed by atoms with van der Waals surface area (Å²) < 4.78 is 10.7. The van der Waals surface area contributed by atoms with E-state index >= 15 is 0 Å². The zero-order chi connectivity index (χ0) is 18.2. The second kappa shape index (κ2) is 8.67. The van der Waals surface area contributed by atoms with E-state index in [1.807, 2.05) is 60.7 Å². The largest absolute Gasteiger partial charge is 0.497 e. The van der Waals surface area contributed by atoms with Gasteiger partial charge in [0.2, 0.25) is 0 Å². The van der Waals surface area contributed by atoms with Crippen molar-refractivity contribution >= 4 is 5.91 Å². The van der Waals surface area contributed by atoms with Gasteiger partial charge in [-0.3, -0.25) is 9.78 Å². The molecule has 0 aliphatic carbocycles. The molecule has 1 aromatic heterocycles. The molecule has 0 radical (unpaired) electrons. The van der Waals surface area contributed by atoms with Crippen LogP contribution in [-0.2, 0) is 0 Å². The highest BCUT2D eigenvalue weighted by Crippen LogP contribution is 2.19. The van der Waals surface area contributed by atoms with E-state index in [9.17, 15) is 4.79 Å². The maximum Gasteiger partial charge on any atom is 0.252 e. The minimum atomic E-state index is -0.173. The number of carbonyl (C=O) groups excluding carboxylic acids is 1. The van der Waals surface area contributed by atoms with Gasteiger partial charge in [-0.2, -0.15) is 0 Å². The normalized spacial score (nSPS) is 10.2. The molecule has 1 heterocycles. The number of hydrogen-bond acceptors (Lipinski definition) is 4. The number of methoxy groups -OCH3 is 1. The first kappa shape index (κ1) is 17.5. The fraction of sp³-hybridized carbons (Fsp3) is 0.143. The predicted molar refractivity (Wildman–Crippen MR) is 100 cm³/mol. The quantitative estimate of drug-likeness (QED) is 0.663. The Morgan fingerprint density at radius 2 is 1.69 bits per heavy atom. The third-order valence-corrected chi connectivity index (χ3v) is 3.82. The summed E-state index contributed by atoms with van der Waals surface area (Å²) in [6.07, 6.45) is 3.31. The summed E-state index contributed by atoms with van der Waals surface area (Å²) in [5.74, 6) is 1.33. The van der Waals surface area contributed by atoms with Crippen LogP contribution in [0.25, 0.3) is 11.1 Å². The Bertz CT molecular complexity index is 849. The highest BCUT2D eigenvalue weighted by atomic mass is 16.5. The average Bonchev–Trinajstić information content (AvgIpc) is 2.72. The molecule has 3 rings (SSSR count). The second-order valence-electron chi connectivity index (χ2n) is 5.61. The van der Waals surface area contributed by atoms with Crippen LogP contribution in [0.1, 0.15) is 10.4 Å². The minimum absolute atomic E-state index is 0.173. The Hall–Kier alpha value is -3.34. The fourth-order valence-corrected chi connectivity index (χ4v) is 2.46. The summed E-state index contributed by atoms with van der Waals surface area (Å²) in [4.78, 5) is 16.5. The first-order chi connectivity index (χ1) is 12.8. The van der Waals surface area contributed by atoms with Crippen molar-refractivity contribution in [3.05, 3.63) is 78.6 Å². The predicted octanol–water partition coefficient (Wildman–Crippen LogP) is 3.57. The van der Waals surface area contributed by atoms with Gasteiger partial charge in [-0.05, 0) is 35.9 Å². The maximum absolute atomic E-state index is 12.3. The van der Waals surface area contributed by atoms with Gasteiger partial charge in [0.1, 0.15) is 18.1 Å². The Morgan fingerprint density at radius 1 is 0.962 bits per heavy atom. The highest BCUT2D eigenvalue weighted by Gasteiger charge is 2.07. The maximum atomic E-state index is 12.3. The van der Waals surface area contributed by atoms with Crippen LogP contribution >= 0.6 is 0 Å². The third kappa shape index (κ3) is 4.60. The van der Waals surface area contributed by atoms with Gasteiger partial charge in [0, 0.05) is 18.0 Å². The average molecular weight is 348 g/mol. The van der Waals surface area contributed by atoms with Crippen molar-refractivity contribution in [1.29, 1.82) is 0 Å². The monoisotopic (exact) mass is 348 g/mol. The molecular weight excluding hydrogens is 328 g/mol. The second-order valence-corrected chi connectivity index (χ2v) is 5.61. The van der Waals surface area contributed by atoms with E-state index in [0.29, 0.717) is 18.7 Å². The van der Waals surface area contributed by atoms with Crippen molar-refractivity contribution in [3.63, 3.8) is 0 Å². The van der Waals surface area contributed by atoms with Crippen molar-refractivity contribution in [1.82, 2.24) is 10.3 Å². The molecular formula is C21H20N2O3. The molecule has 5 nitrogen and oxygen atoms in total. The number of pyridine rings is 1. The van der Waals surface area contributed by atoms with Crippen molar-refractivity contribution in [2.45, 2.75) is 0 Å². The molecule has 0 atom stereocenters. The summed E-state index contributed by atoms with van der Waals surface area (Å²) in [5, 5.41) is 2.84. The summed E-state index contributed by atoms with van der Waals surface area (Å²) in [6, 6.07) is 19.0. The zero-order valence-electron chi connectivity index (χ0n) is 14.5. The number of nitrogens with zero attached hydrogens (tertiary/aromatic N) is 1. The van der Waals surface area contributed by atoms with Gasteiger partial charge in [0.25, 0.3) is 5.91 Å². The Balaban J connectivity index is 1.52. The lowest BCUT2D eigenvalue weighted by atomic mass is 10.1. The first-order valence-electron chi connectivity index (χ1n) is 8.32. The molecule has 132 valence electrons. The third-order valence-electron chi connectivity index (χ3n) is 3.82. The fourth-order valence-electron chi connectivity index (χ4n) is 2.46. The van der Waals surface area contributed by atoms with Crippen LogP contribution in [0.5, 0.6) is 11.5 Å². The minimum Gasteiger partial charge on any atom is -0.497 e. The number of rotatable bonds is 7. The zero-order valence-corrected chi connectivity index (χ0v) is 14.5. The topological polar surface area (TPSA) is 60.5 Å². The van der Waals surface area contributed by atoms with Crippen LogP contribution in [0.4, 0.5) is 0 Å².